The summed E-state index contributed by atoms with van der Waals surface area (Å²) in [7, 11) is 0. The summed E-state index contributed by atoms with van der Waals surface area (Å²) in [5.74, 6) is 0.467. The van der Waals surface area contributed by atoms with Crippen molar-refractivity contribution < 1.29 is 13.9 Å². The summed E-state index contributed by atoms with van der Waals surface area (Å²) in [6.45, 7) is 3.15. The fourth-order valence-corrected chi connectivity index (χ4v) is 2.70. The van der Waals surface area contributed by atoms with Crippen molar-refractivity contribution in [2.75, 3.05) is 18.5 Å². The molecule has 0 radical (unpaired) electrons. The number of furan rings is 1. The fourth-order valence-electron chi connectivity index (χ4n) is 1.98. The number of rotatable bonds is 3. The van der Waals surface area contributed by atoms with Gasteiger partial charge in [0.15, 0.2) is 10.8 Å². The molecule has 106 valence electrons. The third-order valence-electron chi connectivity index (χ3n) is 2.99. The van der Waals surface area contributed by atoms with Gasteiger partial charge in [0.05, 0.1) is 19.0 Å². The second kappa shape index (κ2) is 5.70. The van der Waals surface area contributed by atoms with Gasteiger partial charge in [-0.2, -0.15) is 0 Å². The van der Waals surface area contributed by atoms with Crippen LogP contribution >= 0.6 is 11.3 Å². The quantitative estimate of drug-likeness (QED) is 0.881. The van der Waals surface area contributed by atoms with Crippen LogP contribution in [0.25, 0.3) is 10.8 Å². The molecule has 2 atom stereocenters. The third kappa shape index (κ3) is 2.72. The van der Waals surface area contributed by atoms with Crippen molar-refractivity contribution in [3.8, 4) is 10.8 Å². The maximum Gasteiger partial charge on any atom is 0.246 e. The van der Waals surface area contributed by atoms with Gasteiger partial charge in [-0.25, -0.2) is 0 Å². The van der Waals surface area contributed by atoms with Gasteiger partial charge in [-0.15, -0.1) is 10.2 Å². The molecule has 1 amide bonds. The molecule has 8 heteroatoms. The predicted octanol–water partition coefficient (Wildman–Crippen LogP) is 1.11. The largest absolute Gasteiger partial charge is 0.462 e. The number of aromatic nitrogens is 2. The number of morpholine rings is 1. The Hall–Kier alpha value is -1.77. The third-order valence-corrected chi connectivity index (χ3v) is 3.84. The first-order valence-corrected chi connectivity index (χ1v) is 7.09. The molecule has 0 aliphatic carbocycles. The first-order chi connectivity index (χ1) is 9.74. The molecule has 1 saturated heterocycles. The van der Waals surface area contributed by atoms with Crippen molar-refractivity contribution in [2.45, 2.75) is 19.1 Å². The van der Waals surface area contributed by atoms with Gasteiger partial charge in [0.25, 0.3) is 0 Å². The fraction of sp³-hybridized carbons (Fsp3) is 0.417. The molecule has 20 heavy (non-hydrogen) atoms. The Morgan fingerprint density at radius 2 is 2.45 bits per heavy atom. The van der Waals surface area contributed by atoms with Crippen LogP contribution in [0, 0.1) is 0 Å². The van der Waals surface area contributed by atoms with Crippen molar-refractivity contribution in [3.63, 3.8) is 0 Å². The number of nitrogens with one attached hydrogen (secondary N) is 2. The van der Waals surface area contributed by atoms with Gasteiger partial charge >= 0.3 is 0 Å². The summed E-state index contributed by atoms with van der Waals surface area (Å²) in [5.41, 5.74) is 0. The van der Waals surface area contributed by atoms with Crippen LogP contribution in [0.1, 0.15) is 6.92 Å². The van der Waals surface area contributed by atoms with E-state index in [1.165, 1.54) is 11.3 Å². The molecule has 1 aliphatic rings. The zero-order chi connectivity index (χ0) is 13.9. The normalized spacial score (nSPS) is 22.6. The summed E-state index contributed by atoms with van der Waals surface area (Å²) >= 11 is 1.27. The molecule has 0 saturated carbocycles. The molecule has 7 nitrogen and oxygen atoms in total. The summed E-state index contributed by atoms with van der Waals surface area (Å²) in [6, 6.07) is 3.20. The second-order valence-corrected chi connectivity index (χ2v) is 5.36. The lowest BCUT2D eigenvalue weighted by Gasteiger charge is -2.28. The molecule has 2 aromatic heterocycles. The number of amides is 1. The van der Waals surface area contributed by atoms with E-state index >= 15 is 0 Å². The standard InChI is InChI=1S/C12H14N4O3S/c1-7-9(13-4-6-18-7)10(17)14-12-16-15-11(20-12)8-3-2-5-19-8/h2-3,5,7,9,13H,4,6H2,1H3,(H,14,16,17)/t7-,9+/m1/s1. The number of carbonyl (C=O) groups excluding carboxylic acids is 1. The van der Waals surface area contributed by atoms with Gasteiger partial charge in [-0.3, -0.25) is 10.1 Å². The van der Waals surface area contributed by atoms with Gasteiger partial charge < -0.3 is 14.5 Å². The number of hydrogen-bond donors (Lipinski definition) is 2. The number of ether oxygens (including phenoxy) is 1. The topological polar surface area (TPSA) is 89.3 Å². The summed E-state index contributed by atoms with van der Waals surface area (Å²) < 4.78 is 10.7. The van der Waals surface area contributed by atoms with Crippen molar-refractivity contribution in [2.24, 2.45) is 0 Å². The minimum absolute atomic E-state index is 0.166. The van der Waals surface area contributed by atoms with Crippen molar-refractivity contribution in [1.82, 2.24) is 15.5 Å². The molecule has 3 heterocycles. The summed E-state index contributed by atoms with van der Waals surface area (Å²) in [4.78, 5) is 12.1. The van der Waals surface area contributed by atoms with Gasteiger partial charge in [0.1, 0.15) is 6.04 Å². The molecule has 0 bridgehead atoms. The van der Waals surface area contributed by atoms with E-state index in [0.717, 1.165) is 0 Å². The Kier molecular flexibility index (Phi) is 3.77. The molecule has 1 fully saturated rings. The first-order valence-electron chi connectivity index (χ1n) is 6.27. The van der Waals surface area contributed by atoms with Crippen LogP contribution in [-0.4, -0.2) is 41.4 Å². The second-order valence-electron chi connectivity index (χ2n) is 4.39. The van der Waals surface area contributed by atoms with E-state index in [1.807, 2.05) is 6.92 Å². The molecule has 2 aromatic rings. The Morgan fingerprint density at radius 3 is 3.20 bits per heavy atom. The maximum absolute atomic E-state index is 12.1. The van der Waals surface area contributed by atoms with Crippen molar-refractivity contribution in [1.29, 1.82) is 0 Å². The lowest BCUT2D eigenvalue weighted by atomic mass is 10.1. The average molecular weight is 294 g/mol. The number of hydrogen-bond acceptors (Lipinski definition) is 7. The molecule has 0 unspecified atom stereocenters. The Balaban J connectivity index is 1.67. The zero-order valence-corrected chi connectivity index (χ0v) is 11.6. The monoisotopic (exact) mass is 294 g/mol. The van der Waals surface area contributed by atoms with E-state index in [1.54, 1.807) is 18.4 Å². The molecule has 3 rings (SSSR count). The Morgan fingerprint density at radius 1 is 1.55 bits per heavy atom. The Labute approximate surface area is 119 Å². The van der Waals surface area contributed by atoms with Gasteiger partial charge in [-0.1, -0.05) is 11.3 Å². The van der Waals surface area contributed by atoms with E-state index in [0.29, 0.717) is 29.1 Å². The zero-order valence-electron chi connectivity index (χ0n) is 10.8. The van der Waals surface area contributed by atoms with E-state index in [2.05, 4.69) is 20.8 Å². The lowest BCUT2D eigenvalue weighted by Crippen LogP contribution is -2.53. The highest BCUT2D eigenvalue weighted by Gasteiger charge is 2.29. The number of anilines is 1. The molecule has 1 aliphatic heterocycles. The smallest absolute Gasteiger partial charge is 0.246 e. The molecule has 0 aromatic carbocycles. The summed E-state index contributed by atoms with van der Waals surface area (Å²) in [6.07, 6.45) is 1.40. The predicted molar refractivity (Wildman–Crippen MR) is 73.4 cm³/mol. The van der Waals surface area contributed by atoms with Gasteiger partial charge in [-0.05, 0) is 19.1 Å². The number of nitrogens with zero attached hydrogens (tertiary/aromatic N) is 2. The maximum atomic E-state index is 12.1. The lowest BCUT2D eigenvalue weighted by molar-refractivity contribution is -0.123. The van der Waals surface area contributed by atoms with E-state index < -0.39 is 0 Å². The van der Waals surface area contributed by atoms with Crippen molar-refractivity contribution >= 4 is 22.4 Å². The van der Waals surface area contributed by atoms with E-state index in [9.17, 15) is 4.79 Å². The molecular weight excluding hydrogens is 280 g/mol. The van der Waals surface area contributed by atoms with Crippen LogP contribution in [-0.2, 0) is 9.53 Å². The highest BCUT2D eigenvalue weighted by Crippen LogP contribution is 2.26. The van der Waals surface area contributed by atoms with Crippen LogP contribution in [0.15, 0.2) is 22.8 Å². The SMILES string of the molecule is C[C@H]1OCCN[C@@H]1C(=O)Nc1nnc(-c2ccco2)s1. The summed E-state index contributed by atoms with van der Waals surface area (Å²) in [5, 5.41) is 14.9. The average Bonchev–Trinajstić information content (AvgIpc) is 3.09. The minimum Gasteiger partial charge on any atom is -0.462 e. The first kappa shape index (κ1) is 13.2. The minimum atomic E-state index is -0.375. The molecular formula is C12H14N4O3S. The van der Waals surface area contributed by atoms with Crippen LogP contribution in [0.5, 0.6) is 0 Å². The van der Waals surface area contributed by atoms with E-state index in [4.69, 9.17) is 9.15 Å². The van der Waals surface area contributed by atoms with Crippen LogP contribution < -0.4 is 10.6 Å². The van der Waals surface area contributed by atoms with Crippen LogP contribution in [0.2, 0.25) is 0 Å². The van der Waals surface area contributed by atoms with Crippen molar-refractivity contribution in [3.05, 3.63) is 18.4 Å². The van der Waals surface area contributed by atoms with Crippen LogP contribution in [0.3, 0.4) is 0 Å². The highest BCUT2D eigenvalue weighted by atomic mass is 32.1. The Bertz CT molecular complexity index is 583. The van der Waals surface area contributed by atoms with E-state index in [-0.39, 0.29) is 18.1 Å². The van der Waals surface area contributed by atoms with Crippen LogP contribution in [0.4, 0.5) is 5.13 Å². The van der Waals surface area contributed by atoms with Gasteiger partial charge in [0, 0.05) is 6.54 Å². The molecule has 0 spiro atoms. The van der Waals surface area contributed by atoms with Gasteiger partial charge in [0.2, 0.25) is 11.0 Å². The highest BCUT2D eigenvalue weighted by molar-refractivity contribution is 7.18. The molecule has 2 N–H and O–H groups in total. The number of carbonyl (C=O) groups is 1.